The molecule has 0 aromatic carbocycles. The summed E-state index contributed by atoms with van der Waals surface area (Å²) in [5.41, 5.74) is 1.11. The van der Waals surface area contributed by atoms with E-state index in [2.05, 4.69) is 10.1 Å². The molecule has 0 spiro atoms. The van der Waals surface area contributed by atoms with Gasteiger partial charge in [0.05, 0.1) is 16.4 Å². The SMILES string of the molecule is Cn1nccc1C(O)c1ncccc1Cl. The number of aryl methyl sites for hydroxylation is 1. The van der Waals surface area contributed by atoms with Gasteiger partial charge in [-0.1, -0.05) is 11.6 Å². The van der Waals surface area contributed by atoms with Crippen molar-refractivity contribution in [3.63, 3.8) is 0 Å². The van der Waals surface area contributed by atoms with Gasteiger partial charge in [-0.25, -0.2) is 0 Å². The second-order valence-electron chi connectivity index (χ2n) is 3.15. The number of hydrogen-bond acceptors (Lipinski definition) is 3. The fourth-order valence-electron chi connectivity index (χ4n) is 1.39. The number of rotatable bonds is 2. The Balaban J connectivity index is 2.41. The van der Waals surface area contributed by atoms with Crippen molar-refractivity contribution in [1.82, 2.24) is 14.8 Å². The maximum atomic E-state index is 10.0. The van der Waals surface area contributed by atoms with Crippen LogP contribution in [-0.2, 0) is 7.05 Å². The fourth-order valence-corrected chi connectivity index (χ4v) is 1.62. The van der Waals surface area contributed by atoms with Crippen LogP contribution in [0.1, 0.15) is 17.5 Å². The Bertz CT molecular complexity index is 469. The molecule has 2 aromatic heterocycles. The van der Waals surface area contributed by atoms with E-state index in [-0.39, 0.29) is 0 Å². The van der Waals surface area contributed by atoms with Gasteiger partial charge in [-0.05, 0) is 18.2 Å². The van der Waals surface area contributed by atoms with Crippen LogP contribution in [0.5, 0.6) is 0 Å². The lowest BCUT2D eigenvalue weighted by molar-refractivity contribution is 0.205. The summed E-state index contributed by atoms with van der Waals surface area (Å²) in [6.07, 6.45) is 2.38. The number of hydrogen-bond donors (Lipinski definition) is 1. The van der Waals surface area contributed by atoms with Crippen LogP contribution in [0.25, 0.3) is 0 Å². The van der Waals surface area contributed by atoms with Gasteiger partial charge in [-0.3, -0.25) is 9.67 Å². The topological polar surface area (TPSA) is 50.9 Å². The summed E-state index contributed by atoms with van der Waals surface area (Å²) in [6, 6.07) is 5.15. The molecule has 15 heavy (non-hydrogen) atoms. The van der Waals surface area contributed by atoms with Gasteiger partial charge in [0.2, 0.25) is 0 Å². The average molecular weight is 224 g/mol. The van der Waals surface area contributed by atoms with E-state index in [1.165, 1.54) is 0 Å². The molecule has 2 heterocycles. The summed E-state index contributed by atoms with van der Waals surface area (Å²) >= 11 is 5.94. The van der Waals surface area contributed by atoms with E-state index in [0.29, 0.717) is 16.4 Å². The monoisotopic (exact) mass is 223 g/mol. The zero-order chi connectivity index (χ0) is 10.8. The van der Waals surface area contributed by atoms with E-state index in [0.717, 1.165) is 0 Å². The second kappa shape index (κ2) is 4.00. The van der Waals surface area contributed by atoms with Crippen molar-refractivity contribution in [2.75, 3.05) is 0 Å². The van der Waals surface area contributed by atoms with Crippen molar-refractivity contribution >= 4 is 11.6 Å². The number of pyridine rings is 1. The Hall–Kier alpha value is -1.39. The molecule has 0 amide bonds. The lowest BCUT2D eigenvalue weighted by Gasteiger charge is -2.11. The third-order valence-corrected chi connectivity index (χ3v) is 2.50. The minimum absolute atomic E-state index is 0.447. The molecule has 0 aliphatic rings. The number of nitrogens with zero attached hydrogens (tertiary/aromatic N) is 3. The quantitative estimate of drug-likeness (QED) is 0.841. The van der Waals surface area contributed by atoms with Gasteiger partial charge in [0.1, 0.15) is 6.10 Å². The van der Waals surface area contributed by atoms with Gasteiger partial charge in [0, 0.05) is 19.4 Å². The second-order valence-corrected chi connectivity index (χ2v) is 3.56. The lowest BCUT2D eigenvalue weighted by atomic mass is 10.1. The van der Waals surface area contributed by atoms with Crippen molar-refractivity contribution in [3.8, 4) is 0 Å². The normalized spacial score (nSPS) is 12.7. The van der Waals surface area contributed by atoms with Crippen LogP contribution in [0, 0.1) is 0 Å². The zero-order valence-corrected chi connectivity index (χ0v) is 8.89. The summed E-state index contributed by atoms with van der Waals surface area (Å²) in [7, 11) is 1.76. The van der Waals surface area contributed by atoms with Crippen LogP contribution in [0.15, 0.2) is 30.6 Å². The third kappa shape index (κ3) is 1.86. The molecule has 0 saturated heterocycles. The van der Waals surface area contributed by atoms with Crippen LogP contribution in [0.4, 0.5) is 0 Å². The van der Waals surface area contributed by atoms with Crippen LogP contribution in [-0.4, -0.2) is 19.9 Å². The van der Waals surface area contributed by atoms with Gasteiger partial charge < -0.3 is 5.11 Å². The first-order chi connectivity index (χ1) is 7.20. The lowest BCUT2D eigenvalue weighted by Crippen LogP contribution is -2.08. The van der Waals surface area contributed by atoms with Gasteiger partial charge >= 0.3 is 0 Å². The molecule has 0 fully saturated rings. The smallest absolute Gasteiger partial charge is 0.139 e. The summed E-state index contributed by atoms with van der Waals surface area (Å²) in [4.78, 5) is 4.05. The molecule has 1 N–H and O–H groups in total. The van der Waals surface area contributed by atoms with Crippen LogP contribution >= 0.6 is 11.6 Å². The third-order valence-electron chi connectivity index (χ3n) is 2.18. The molecule has 4 nitrogen and oxygen atoms in total. The van der Waals surface area contributed by atoms with Crippen LogP contribution in [0.2, 0.25) is 5.02 Å². The first kappa shape index (κ1) is 10.1. The predicted octanol–water partition coefficient (Wildman–Crippen LogP) is 1.55. The van der Waals surface area contributed by atoms with Crippen molar-refractivity contribution in [2.45, 2.75) is 6.10 Å². The summed E-state index contributed by atoms with van der Waals surface area (Å²) in [5.74, 6) is 0. The van der Waals surface area contributed by atoms with E-state index in [9.17, 15) is 5.11 Å². The standard InChI is InChI=1S/C10H10ClN3O/c1-14-8(4-6-13-14)10(15)9-7(11)3-2-5-12-9/h2-6,10,15H,1H3. The Kier molecular flexibility index (Phi) is 2.70. The highest BCUT2D eigenvalue weighted by Crippen LogP contribution is 2.25. The summed E-state index contributed by atoms with van der Waals surface area (Å²) in [5, 5.41) is 14.5. The van der Waals surface area contributed by atoms with Gasteiger partial charge in [0.15, 0.2) is 0 Å². The fraction of sp³-hybridized carbons (Fsp3) is 0.200. The van der Waals surface area contributed by atoms with Gasteiger partial charge in [-0.2, -0.15) is 5.10 Å². The van der Waals surface area contributed by atoms with Crippen LogP contribution < -0.4 is 0 Å². The number of aliphatic hydroxyl groups is 1. The van der Waals surface area contributed by atoms with Gasteiger partial charge in [-0.15, -0.1) is 0 Å². The van der Waals surface area contributed by atoms with Gasteiger partial charge in [0.25, 0.3) is 0 Å². The highest BCUT2D eigenvalue weighted by atomic mass is 35.5. The van der Waals surface area contributed by atoms with Crippen molar-refractivity contribution in [1.29, 1.82) is 0 Å². The molecule has 0 radical (unpaired) electrons. The Morgan fingerprint density at radius 3 is 2.80 bits per heavy atom. The molecule has 2 aromatic rings. The highest BCUT2D eigenvalue weighted by Gasteiger charge is 2.17. The van der Waals surface area contributed by atoms with Crippen molar-refractivity contribution in [2.24, 2.45) is 7.05 Å². The Morgan fingerprint density at radius 2 is 2.20 bits per heavy atom. The van der Waals surface area contributed by atoms with Crippen LogP contribution in [0.3, 0.4) is 0 Å². The first-order valence-electron chi connectivity index (χ1n) is 4.46. The van der Waals surface area contributed by atoms with E-state index >= 15 is 0 Å². The zero-order valence-electron chi connectivity index (χ0n) is 8.13. The van der Waals surface area contributed by atoms with Crippen molar-refractivity contribution < 1.29 is 5.11 Å². The summed E-state index contributed by atoms with van der Waals surface area (Å²) < 4.78 is 1.59. The van der Waals surface area contributed by atoms with E-state index in [1.807, 2.05) is 0 Å². The number of aromatic nitrogens is 3. The maximum Gasteiger partial charge on any atom is 0.139 e. The van der Waals surface area contributed by atoms with E-state index in [1.54, 1.807) is 42.3 Å². The Labute approximate surface area is 92.1 Å². The van der Waals surface area contributed by atoms with Crippen molar-refractivity contribution in [3.05, 3.63) is 47.0 Å². The molecule has 5 heteroatoms. The van der Waals surface area contributed by atoms with E-state index in [4.69, 9.17) is 11.6 Å². The molecular weight excluding hydrogens is 214 g/mol. The summed E-state index contributed by atoms with van der Waals surface area (Å²) in [6.45, 7) is 0. The maximum absolute atomic E-state index is 10.0. The molecule has 0 aliphatic heterocycles. The molecule has 2 rings (SSSR count). The predicted molar refractivity (Wildman–Crippen MR) is 56.5 cm³/mol. The minimum atomic E-state index is -0.841. The largest absolute Gasteiger partial charge is 0.380 e. The molecule has 0 saturated carbocycles. The average Bonchev–Trinajstić information content (AvgIpc) is 2.64. The first-order valence-corrected chi connectivity index (χ1v) is 4.84. The Morgan fingerprint density at radius 1 is 1.40 bits per heavy atom. The number of aliphatic hydroxyl groups excluding tert-OH is 1. The molecule has 0 aliphatic carbocycles. The van der Waals surface area contributed by atoms with E-state index < -0.39 is 6.10 Å². The minimum Gasteiger partial charge on any atom is -0.380 e. The number of halogens is 1. The highest BCUT2D eigenvalue weighted by molar-refractivity contribution is 6.31. The molecular formula is C10H10ClN3O. The molecule has 1 atom stereocenters. The molecule has 78 valence electrons. The molecule has 0 bridgehead atoms. The molecule has 1 unspecified atom stereocenters.